The number of anilines is 2. The van der Waals surface area contributed by atoms with Gasteiger partial charge in [0.25, 0.3) is 0 Å². The number of rotatable bonds is 13. The minimum absolute atomic E-state index is 0.202. The molecule has 0 bridgehead atoms. The molecule has 0 aliphatic carbocycles. The highest BCUT2D eigenvalue weighted by Crippen LogP contribution is 2.33. The molecule has 9 nitrogen and oxygen atoms in total. The first-order valence-electron chi connectivity index (χ1n) is 12.8. The summed E-state index contributed by atoms with van der Waals surface area (Å²) in [5.74, 6) is -1.14. The monoisotopic (exact) mass is 521 g/mol. The van der Waals surface area contributed by atoms with E-state index in [1.165, 1.54) is 17.7 Å². The molecule has 1 heterocycles. The molecule has 3 aromatic rings. The number of benzene rings is 2. The van der Waals surface area contributed by atoms with Gasteiger partial charge in [0.15, 0.2) is 0 Å². The van der Waals surface area contributed by atoms with Crippen LogP contribution in [0.15, 0.2) is 70.9 Å². The number of hydrogen-bond acceptors (Lipinski definition) is 8. The zero-order valence-electron chi connectivity index (χ0n) is 23.0. The second-order valence-electron chi connectivity index (χ2n) is 10.3. The van der Waals surface area contributed by atoms with Gasteiger partial charge in [-0.2, -0.15) is 10.2 Å². The van der Waals surface area contributed by atoms with Crippen LogP contribution in [0, 0.1) is 0 Å². The lowest BCUT2D eigenvalue weighted by molar-refractivity contribution is -0.145. The van der Waals surface area contributed by atoms with E-state index in [1.807, 2.05) is 44.4 Å². The first-order valence-corrected chi connectivity index (χ1v) is 12.8. The average molecular weight is 522 g/mol. The van der Waals surface area contributed by atoms with E-state index in [-0.39, 0.29) is 23.6 Å². The Bertz CT molecular complexity index is 1200. The molecule has 0 fully saturated rings. The highest BCUT2D eigenvalue weighted by molar-refractivity contribution is 5.69. The molecular formula is C29H39N5O4. The summed E-state index contributed by atoms with van der Waals surface area (Å²) in [7, 11) is 6.10. The van der Waals surface area contributed by atoms with Crippen molar-refractivity contribution >= 4 is 23.0 Å². The first-order chi connectivity index (χ1) is 18.1. The summed E-state index contributed by atoms with van der Waals surface area (Å²) in [6, 6.07) is 18.9. The van der Waals surface area contributed by atoms with Crippen LogP contribution in [0.5, 0.6) is 11.8 Å². The summed E-state index contributed by atoms with van der Waals surface area (Å²) in [6.45, 7) is 5.75. The molecule has 0 aliphatic heterocycles. The van der Waals surface area contributed by atoms with Crippen molar-refractivity contribution < 1.29 is 19.8 Å². The van der Waals surface area contributed by atoms with E-state index in [9.17, 15) is 15.0 Å². The van der Waals surface area contributed by atoms with Crippen LogP contribution >= 0.6 is 0 Å². The van der Waals surface area contributed by atoms with Gasteiger partial charge in [0.1, 0.15) is 0 Å². The fraction of sp³-hybridized carbons (Fsp3) is 0.414. The van der Waals surface area contributed by atoms with Crippen LogP contribution < -0.4 is 14.6 Å². The van der Waals surface area contributed by atoms with Crippen molar-refractivity contribution in [3.05, 3.63) is 66.2 Å². The van der Waals surface area contributed by atoms with Crippen molar-refractivity contribution in [3.63, 3.8) is 0 Å². The van der Waals surface area contributed by atoms with E-state index >= 15 is 0 Å². The van der Waals surface area contributed by atoms with E-state index in [0.717, 1.165) is 41.2 Å². The van der Waals surface area contributed by atoms with E-state index in [4.69, 9.17) is 4.84 Å². The molecular weight excluding hydrogens is 482 g/mol. The molecule has 0 saturated heterocycles. The molecule has 0 saturated carbocycles. The lowest BCUT2D eigenvalue weighted by Gasteiger charge is -2.30. The highest BCUT2D eigenvalue weighted by Gasteiger charge is 2.24. The predicted molar refractivity (Wildman–Crippen MR) is 151 cm³/mol. The summed E-state index contributed by atoms with van der Waals surface area (Å²) in [5.41, 5.74) is 4.11. The van der Waals surface area contributed by atoms with E-state index in [2.05, 4.69) is 59.1 Å². The lowest BCUT2D eigenvalue weighted by Crippen LogP contribution is -2.27. The minimum atomic E-state index is -0.505. The highest BCUT2D eigenvalue weighted by atomic mass is 16.7. The minimum Gasteiger partial charge on any atom is -0.492 e. The van der Waals surface area contributed by atoms with Gasteiger partial charge in [-0.25, -0.2) is 4.79 Å². The van der Waals surface area contributed by atoms with Gasteiger partial charge < -0.3 is 24.9 Å². The Morgan fingerprint density at radius 3 is 2.24 bits per heavy atom. The number of carbonyl (C=O) groups is 1. The Hall–Kier alpha value is -4.01. The summed E-state index contributed by atoms with van der Waals surface area (Å²) in [5, 5.41) is 28.1. The van der Waals surface area contributed by atoms with Gasteiger partial charge >= 0.3 is 5.97 Å². The Morgan fingerprint density at radius 1 is 0.921 bits per heavy atom. The maximum Gasteiger partial charge on any atom is 0.333 e. The van der Waals surface area contributed by atoms with Crippen molar-refractivity contribution in [1.29, 1.82) is 0 Å². The fourth-order valence-electron chi connectivity index (χ4n) is 4.13. The number of para-hydroxylation sites is 1. The zero-order chi connectivity index (χ0) is 27.7. The summed E-state index contributed by atoms with van der Waals surface area (Å²) < 4.78 is 0.717. The van der Waals surface area contributed by atoms with Gasteiger partial charge in [0.2, 0.25) is 11.8 Å². The van der Waals surface area contributed by atoms with Crippen molar-refractivity contribution in [2.24, 2.45) is 10.2 Å². The number of hydrogen-bond donors (Lipinski definition) is 2. The standard InChI is InChI=1S/C29H39N5O4/c1-29(2,21-30-31-22-14-16-23(17-15-22)32(3)4)24-11-8-9-12-25(24)33(5)20-10-6-7-13-28(37)38-34-26(35)18-19-27(34)36/h8-9,11-12,14-19,35-36H,6-7,10,13,20-21H2,1-5H3. The van der Waals surface area contributed by atoms with Crippen LogP contribution in [0.1, 0.15) is 45.1 Å². The van der Waals surface area contributed by atoms with Crippen molar-refractivity contribution in [1.82, 2.24) is 4.73 Å². The van der Waals surface area contributed by atoms with E-state index < -0.39 is 5.97 Å². The van der Waals surface area contributed by atoms with E-state index in [0.29, 0.717) is 13.0 Å². The van der Waals surface area contributed by atoms with Crippen LogP contribution in [-0.4, -0.2) is 55.1 Å². The summed E-state index contributed by atoms with van der Waals surface area (Å²) in [4.78, 5) is 21.3. The smallest absolute Gasteiger partial charge is 0.333 e. The number of aromatic nitrogens is 1. The summed E-state index contributed by atoms with van der Waals surface area (Å²) >= 11 is 0. The Kier molecular flexibility index (Phi) is 9.76. The van der Waals surface area contributed by atoms with Crippen molar-refractivity contribution in [2.45, 2.75) is 44.9 Å². The largest absolute Gasteiger partial charge is 0.492 e. The first kappa shape index (κ1) is 28.6. The molecule has 2 aromatic carbocycles. The van der Waals surface area contributed by atoms with Gasteiger partial charge in [-0.15, -0.1) is 4.73 Å². The number of nitrogens with zero attached hydrogens (tertiary/aromatic N) is 5. The normalized spacial score (nSPS) is 11.6. The third-order valence-electron chi connectivity index (χ3n) is 6.43. The third-order valence-corrected chi connectivity index (χ3v) is 6.43. The molecule has 3 rings (SSSR count). The topological polar surface area (TPSA) is 103 Å². The quantitative estimate of drug-likeness (QED) is 0.222. The van der Waals surface area contributed by atoms with Crippen LogP contribution in [0.25, 0.3) is 0 Å². The van der Waals surface area contributed by atoms with Crippen LogP contribution in [0.3, 0.4) is 0 Å². The molecule has 2 N–H and O–H groups in total. The number of azo groups is 1. The van der Waals surface area contributed by atoms with Crippen LogP contribution in [0.4, 0.5) is 17.1 Å². The Labute approximate surface area is 224 Å². The van der Waals surface area contributed by atoms with Gasteiger partial charge in [-0.1, -0.05) is 38.5 Å². The number of carbonyl (C=O) groups excluding carboxylic acids is 1. The molecule has 1 aromatic heterocycles. The molecule has 9 heteroatoms. The maximum atomic E-state index is 12.0. The molecule has 0 radical (unpaired) electrons. The van der Waals surface area contributed by atoms with Gasteiger partial charge in [0.05, 0.1) is 12.2 Å². The molecule has 0 spiro atoms. The Morgan fingerprint density at radius 2 is 1.58 bits per heavy atom. The molecule has 38 heavy (non-hydrogen) atoms. The van der Waals surface area contributed by atoms with Crippen LogP contribution in [0.2, 0.25) is 0 Å². The molecule has 204 valence electrons. The fourth-order valence-corrected chi connectivity index (χ4v) is 4.13. The summed E-state index contributed by atoms with van der Waals surface area (Å²) in [6.07, 6.45) is 2.60. The lowest BCUT2D eigenvalue weighted by atomic mass is 9.83. The van der Waals surface area contributed by atoms with Crippen LogP contribution in [-0.2, 0) is 10.2 Å². The van der Waals surface area contributed by atoms with Gasteiger partial charge in [-0.3, -0.25) is 0 Å². The van der Waals surface area contributed by atoms with Crippen molar-refractivity contribution in [3.8, 4) is 11.8 Å². The average Bonchev–Trinajstić information content (AvgIpc) is 3.20. The molecule has 0 unspecified atom stereocenters. The maximum absolute atomic E-state index is 12.0. The second kappa shape index (κ2) is 13.0. The SMILES string of the molecule is CN(C)c1ccc(N=NCC(C)(C)c2ccccc2N(C)CCCCCC(=O)On2c(O)ccc2O)cc1. The molecule has 0 atom stereocenters. The van der Waals surface area contributed by atoms with Gasteiger partial charge in [-0.05, 0) is 48.7 Å². The zero-order valence-corrected chi connectivity index (χ0v) is 23.0. The second-order valence-corrected chi connectivity index (χ2v) is 10.3. The third kappa shape index (κ3) is 7.74. The van der Waals surface area contributed by atoms with Crippen molar-refractivity contribution in [2.75, 3.05) is 44.0 Å². The molecule has 0 aliphatic rings. The van der Waals surface area contributed by atoms with E-state index in [1.54, 1.807) is 0 Å². The number of aromatic hydroxyl groups is 2. The Balaban J connectivity index is 1.50. The number of unbranched alkanes of at least 4 members (excludes halogenated alkanes) is 2. The predicted octanol–water partition coefficient (Wildman–Crippen LogP) is 5.68. The van der Waals surface area contributed by atoms with Gasteiger partial charge in [0, 0.05) is 63.0 Å². The molecule has 0 amide bonds.